The number of hydrogen-bond acceptors (Lipinski definition) is 5. The average Bonchev–Trinajstić information content (AvgIpc) is 2.85. The summed E-state index contributed by atoms with van der Waals surface area (Å²) in [5, 5.41) is 2.51. The molecule has 35 heavy (non-hydrogen) atoms. The third-order valence-electron chi connectivity index (χ3n) is 5.01. The summed E-state index contributed by atoms with van der Waals surface area (Å²) < 4.78 is 11.2. The molecule has 0 unspecified atom stereocenters. The number of thiocarbonyl (C=S) groups is 1. The van der Waals surface area contributed by atoms with Crippen LogP contribution in [0.2, 0.25) is 0 Å². The first-order valence-corrected chi connectivity index (χ1v) is 11.6. The molecule has 0 atom stereocenters. The van der Waals surface area contributed by atoms with E-state index in [9.17, 15) is 9.59 Å². The molecular formula is C27H29N3O4S. The molecule has 3 aromatic rings. The van der Waals surface area contributed by atoms with Gasteiger partial charge in [-0.05, 0) is 71.7 Å². The number of ether oxygens (including phenoxy) is 2. The highest BCUT2D eigenvalue weighted by Gasteiger charge is 2.15. The van der Waals surface area contributed by atoms with Crippen LogP contribution in [0.1, 0.15) is 47.1 Å². The molecule has 2 amide bonds. The number of nitrogens with one attached hydrogen (secondary N) is 3. The second kappa shape index (κ2) is 12.0. The Balaban J connectivity index is 1.40. The molecule has 0 aliphatic heterocycles. The molecule has 3 N–H and O–H groups in total. The lowest BCUT2D eigenvalue weighted by molar-refractivity contribution is 0.0934. The Hall–Kier alpha value is -3.91. The van der Waals surface area contributed by atoms with Crippen LogP contribution in [0.25, 0.3) is 0 Å². The van der Waals surface area contributed by atoms with Gasteiger partial charge in [-0.1, -0.05) is 51.1 Å². The maximum atomic E-state index is 12.4. The zero-order valence-corrected chi connectivity index (χ0v) is 20.8. The first-order valence-electron chi connectivity index (χ1n) is 11.2. The molecule has 0 saturated heterocycles. The van der Waals surface area contributed by atoms with Crippen molar-refractivity contribution < 1.29 is 19.1 Å². The predicted octanol–water partition coefficient (Wildman–Crippen LogP) is 4.39. The Morgan fingerprint density at radius 2 is 1.23 bits per heavy atom. The second-order valence-corrected chi connectivity index (χ2v) is 9.13. The maximum Gasteiger partial charge on any atom is 0.269 e. The number of amides is 2. The van der Waals surface area contributed by atoms with Crippen LogP contribution in [0.3, 0.4) is 0 Å². The zero-order valence-electron chi connectivity index (χ0n) is 20.0. The van der Waals surface area contributed by atoms with E-state index in [0.717, 1.165) is 11.3 Å². The normalized spacial score (nSPS) is 10.7. The summed E-state index contributed by atoms with van der Waals surface area (Å²) in [4.78, 5) is 24.7. The smallest absolute Gasteiger partial charge is 0.269 e. The van der Waals surface area contributed by atoms with E-state index in [1.807, 2.05) is 42.5 Å². The van der Waals surface area contributed by atoms with E-state index in [0.29, 0.717) is 30.1 Å². The SMILES string of the molecule is CC(C)(C)c1ccc(C(=O)NNC(=S)NC(=O)c2ccc(OCCOc3ccccc3)cc2)cc1. The van der Waals surface area contributed by atoms with Gasteiger partial charge in [0.15, 0.2) is 5.11 Å². The molecule has 8 heteroatoms. The van der Waals surface area contributed by atoms with Crippen LogP contribution in [0.4, 0.5) is 0 Å². The molecule has 3 aromatic carbocycles. The summed E-state index contributed by atoms with van der Waals surface area (Å²) in [7, 11) is 0. The highest BCUT2D eigenvalue weighted by Crippen LogP contribution is 2.22. The Labute approximate surface area is 210 Å². The highest BCUT2D eigenvalue weighted by atomic mass is 32.1. The van der Waals surface area contributed by atoms with E-state index in [2.05, 4.69) is 36.9 Å². The highest BCUT2D eigenvalue weighted by molar-refractivity contribution is 7.80. The zero-order chi connectivity index (χ0) is 25.3. The summed E-state index contributed by atoms with van der Waals surface area (Å²) in [5.41, 5.74) is 7.03. The fourth-order valence-corrected chi connectivity index (χ4v) is 3.20. The lowest BCUT2D eigenvalue weighted by Crippen LogP contribution is -2.48. The Bertz CT molecular complexity index is 1140. The molecule has 0 bridgehead atoms. The molecular weight excluding hydrogens is 462 g/mol. The van der Waals surface area contributed by atoms with Gasteiger partial charge in [0.05, 0.1) is 0 Å². The minimum Gasteiger partial charge on any atom is -0.490 e. The van der Waals surface area contributed by atoms with Crippen LogP contribution in [-0.4, -0.2) is 30.1 Å². The summed E-state index contributed by atoms with van der Waals surface area (Å²) in [6.07, 6.45) is 0. The van der Waals surface area contributed by atoms with Gasteiger partial charge in [0.1, 0.15) is 24.7 Å². The molecule has 0 saturated carbocycles. The van der Waals surface area contributed by atoms with Crippen molar-refractivity contribution in [3.8, 4) is 11.5 Å². The largest absolute Gasteiger partial charge is 0.490 e. The van der Waals surface area contributed by atoms with Crippen molar-refractivity contribution >= 4 is 29.1 Å². The van der Waals surface area contributed by atoms with Crippen LogP contribution in [0.5, 0.6) is 11.5 Å². The molecule has 0 spiro atoms. The van der Waals surface area contributed by atoms with Gasteiger partial charge in [0, 0.05) is 11.1 Å². The van der Waals surface area contributed by atoms with Gasteiger partial charge in [-0.3, -0.25) is 25.8 Å². The third kappa shape index (κ3) is 8.12. The topological polar surface area (TPSA) is 88.7 Å². The van der Waals surface area contributed by atoms with Crippen LogP contribution >= 0.6 is 12.2 Å². The van der Waals surface area contributed by atoms with Gasteiger partial charge in [0.25, 0.3) is 11.8 Å². The molecule has 182 valence electrons. The maximum absolute atomic E-state index is 12.4. The van der Waals surface area contributed by atoms with Crippen molar-refractivity contribution in [2.75, 3.05) is 13.2 Å². The monoisotopic (exact) mass is 491 g/mol. The van der Waals surface area contributed by atoms with Crippen molar-refractivity contribution in [3.05, 3.63) is 95.6 Å². The first kappa shape index (κ1) is 25.7. The van der Waals surface area contributed by atoms with E-state index < -0.39 is 5.91 Å². The fourth-order valence-electron chi connectivity index (χ4n) is 3.05. The predicted molar refractivity (Wildman–Crippen MR) is 140 cm³/mol. The van der Waals surface area contributed by atoms with Gasteiger partial charge >= 0.3 is 0 Å². The molecule has 0 heterocycles. The minimum absolute atomic E-state index is 0.000210. The van der Waals surface area contributed by atoms with E-state index in [-0.39, 0.29) is 16.4 Å². The summed E-state index contributed by atoms with van der Waals surface area (Å²) in [5.74, 6) is 0.621. The number of hydrogen-bond donors (Lipinski definition) is 3. The van der Waals surface area contributed by atoms with Crippen molar-refractivity contribution in [2.45, 2.75) is 26.2 Å². The van der Waals surface area contributed by atoms with Gasteiger partial charge in [-0.2, -0.15) is 0 Å². The van der Waals surface area contributed by atoms with Crippen molar-refractivity contribution in [1.82, 2.24) is 16.2 Å². The number of rotatable bonds is 7. The number of carbonyl (C=O) groups excluding carboxylic acids is 2. The van der Waals surface area contributed by atoms with Crippen LogP contribution in [0.15, 0.2) is 78.9 Å². The number of benzene rings is 3. The van der Waals surface area contributed by atoms with Crippen LogP contribution < -0.4 is 25.6 Å². The second-order valence-electron chi connectivity index (χ2n) is 8.72. The lowest BCUT2D eigenvalue weighted by Gasteiger charge is -2.19. The lowest BCUT2D eigenvalue weighted by atomic mass is 9.87. The molecule has 7 nitrogen and oxygen atoms in total. The fraction of sp³-hybridized carbons (Fsp3) is 0.222. The summed E-state index contributed by atoms with van der Waals surface area (Å²) in [6, 6.07) is 23.4. The molecule has 0 fully saturated rings. The molecule has 3 rings (SSSR count). The van der Waals surface area contributed by atoms with Crippen molar-refractivity contribution in [3.63, 3.8) is 0 Å². The quantitative estimate of drug-likeness (QED) is 0.258. The van der Waals surface area contributed by atoms with E-state index in [1.165, 1.54) is 0 Å². The van der Waals surface area contributed by atoms with Gasteiger partial charge in [0.2, 0.25) is 0 Å². The molecule has 0 radical (unpaired) electrons. The van der Waals surface area contributed by atoms with Gasteiger partial charge < -0.3 is 9.47 Å². The van der Waals surface area contributed by atoms with E-state index in [1.54, 1.807) is 36.4 Å². The number of para-hydroxylation sites is 1. The van der Waals surface area contributed by atoms with Gasteiger partial charge in [-0.15, -0.1) is 0 Å². The number of hydrazine groups is 1. The molecule has 0 aliphatic carbocycles. The Morgan fingerprint density at radius 3 is 1.80 bits per heavy atom. The van der Waals surface area contributed by atoms with Crippen molar-refractivity contribution in [2.24, 2.45) is 0 Å². The van der Waals surface area contributed by atoms with Crippen LogP contribution in [-0.2, 0) is 5.41 Å². The number of carbonyl (C=O) groups is 2. The third-order valence-corrected chi connectivity index (χ3v) is 5.21. The summed E-state index contributed by atoms with van der Waals surface area (Å²) in [6.45, 7) is 7.08. The van der Waals surface area contributed by atoms with E-state index in [4.69, 9.17) is 21.7 Å². The molecule has 0 aromatic heterocycles. The summed E-state index contributed by atoms with van der Waals surface area (Å²) >= 11 is 5.11. The van der Waals surface area contributed by atoms with Crippen LogP contribution in [0, 0.1) is 0 Å². The molecule has 0 aliphatic rings. The first-order chi connectivity index (χ1) is 16.7. The average molecular weight is 492 g/mol. The van der Waals surface area contributed by atoms with Gasteiger partial charge in [-0.25, -0.2) is 0 Å². The Kier molecular flexibility index (Phi) is 8.80. The van der Waals surface area contributed by atoms with Crippen molar-refractivity contribution in [1.29, 1.82) is 0 Å². The van der Waals surface area contributed by atoms with E-state index >= 15 is 0 Å². The Morgan fingerprint density at radius 1 is 0.714 bits per heavy atom. The standard InChI is InChI=1S/C27H29N3O4S/c1-27(2,3)21-13-9-20(10-14-21)25(32)29-30-26(35)28-24(31)19-11-15-23(16-12-19)34-18-17-33-22-7-5-4-6-8-22/h4-16H,17-18H2,1-3H3,(H,29,32)(H2,28,30,31,35). The minimum atomic E-state index is -0.412.